The maximum atomic E-state index is 4.50. The summed E-state index contributed by atoms with van der Waals surface area (Å²) in [6.07, 6.45) is 3.88. The number of hydrogen-bond acceptors (Lipinski definition) is 5. The molecule has 1 aliphatic rings. The molecule has 5 nitrogen and oxygen atoms in total. The summed E-state index contributed by atoms with van der Waals surface area (Å²) in [6.45, 7) is 0. The van der Waals surface area contributed by atoms with Crippen molar-refractivity contribution in [2.24, 2.45) is 0 Å². The Morgan fingerprint density at radius 3 is 2.94 bits per heavy atom. The number of aromatic nitrogens is 5. The largest absolute Gasteiger partial charge is 0.254 e. The number of halogens is 1. The van der Waals surface area contributed by atoms with Crippen molar-refractivity contribution in [1.29, 1.82) is 0 Å². The highest BCUT2D eigenvalue weighted by atomic mass is 79.9. The normalized spacial score (nSPS) is 15.3. The molecular weight excluding hydrogens is 290 g/mol. The molecule has 0 spiro atoms. The predicted molar refractivity (Wildman–Crippen MR) is 62.2 cm³/mol. The molecule has 0 atom stereocenters. The zero-order valence-corrected chi connectivity index (χ0v) is 10.6. The van der Waals surface area contributed by atoms with Crippen LogP contribution in [-0.2, 0) is 0 Å². The van der Waals surface area contributed by atoms with E-state index in [1.54, 1.807) is 0 Å². The fourth-order valence-electron chi connectivity index (χ4n) is 1.33. The quantitative estimate of drug-likeness (QED) is 0.881. The fourth-order valence-corrected chi connectivity index (χ4v) is 2.59. The minimum absolute atomic E-state index is 0.548. The zero-order valence-electron chi connectivity index (χ0n) is 8.22. The maximum Gasteiger partial charge on any atom is 0.189 e. The van der Waals surface area contributed by atoms with Gasteiger partial charge < -0.3 is 0 Å². The SMILES string of the molecule is Brc1cc(Sc2ncn[nH]2)nc(C2CC2)n1. The van der Waals surface area contributed by atoms with Crippen molar-refractivity contribution in [3.05, 3.63) is 22.8 Å². The lowest BCUT2D eigenvalue weighted by Crippen LogP contribution is -1.94. The molecule has 16 heavy (non-hydrogen) atoms. The van der Waals surface area contributed by atoms with Crippen LogP contribution in [0.1, 0.15) is 24.6 Å². The molecular formula is C9H8BrN5S. The van der Waals surface area contributed by atoms with E-state index in [0.717, 1.165) is 20.6 Å². The third-order valence-corrected chi connectivity index (χ3v) is 3.44. The number of rotatable bonds is 3. The summed E-state index contributed by atoms with van der Waals surface area (Å²) in [6, 6.07) is 1.89. The van der Waals surface area contributed by atoms with Crippen LogP contribution in [0.4, 0.5) is 0 Å². The molecule has 0 aliphatic heterocycles. The van der Waals surface area contributed by atoms with E-state index in [0.29, 0.717) is 5.92 Å². The lowest BCUT2D eigenvalue weighted by atomic mass is 10.4. The molecule has 1 fully saturated rings. The summed E-state index contributed by atoms with van der Waals surface area (Å²) in [7, 11) is 0. The van der Waals surface area contributed by atoms with Gasteiger partial charge in [0, 0.05) is 12.0 Å². The number of nitrogens with one attached hydrogen (secondary N) is 1. The third kappa shape index (κ3) is 2.25. The van der Waals surface area contributed by atoms with Crippen molar-refractivity contribution in [2.75, 3.05) is 0 Å². The van der Waals surface area contributed by atoms with Crippen LogP contribution in [0, 0.1) is 0 Å². The maximum absolute atomic E-state index is 4.50. The first kappa shape index (κ1) is 10.2. The first-order valence-electron chi connectivity index (χ1n) is 4.89. The standard InChI is InChI=1S/C9H8BrN5S/c10-6-3-7(16-9-11-4-12-15-9)14-8(13-6)5-1-2-5/h3-5H,1-2H2,(H,11,12,15). The first-order chi connectivity index (χ1) is 7.81. The van der Waals surface area contributed by atoms with Gasteiger partial charge in [-0.2, -0.15) is 5.10 Å². The highest BCUT2D eigenvalue weighted by Crippen LogP contribution is 2.39. The topological polar surface area (TPSA) is 67.3 Å². The van der Waals surface area contributed by atoms with E-state index in [1.165, 1.54) is 30.9 Å². The lowest BCUT2D eigenvalue weighted by molar-refractivity contribution is 0.863. The van der Waals surface area contributed by atoms with Gasteiger partial charge in [-0.1, -0.05) is 0 Å². The Labute approximate surface area is 105 Å². The first-order valence-corrected chi connectivity index (χ1v) is 6.50. The van der Waals surface area contributed by atoms with Gasteiger partial charge in [0.1, 0.15) is 21.8 Å². The Hall–Kier alpha value is -0.950. The molecule has 82 valence electrons. The van der Waals surface area contributed by atoms with E-state index in [4.69, 9.17) is 0 Å². The average Bonchev–Trinajstić information content (AvgIpc) is 2.98. The van der Waals surface area contributed by atoms with Crippen LogP contribution in [0.25, 0.3) is 0 Å². The molecule has 2 aromatic rings. The Bertz CT molecular complexity index is 497. The molecule has 0 radical (unpaired) electrons. The Kier molecular flexibility index (Phi) is 2.64. The Morgan fingerprint density at radius 2 is 2.25 bits per heavy atom. The van der Waals surface area contributed by atoms with Gasteiger partial charge in [-0.15, -0.1) is 0 Å². The molecule has 0 amide bonds. The number of aromatic amines is 1. The second-order valence-corrected chi connectivity index (χ2v) is 5.38. The van der Waals surface area contributed by atoms with Gasteiger partial charge >= 0.3 is 0 Å². The lowest BCUT2D eigenvalue weighted by Gasteiger charge is -2.01. The van der Waals surface area contributed by atoms with E-state index in [1.807, 2.05) is 6.07 Å². The highest BCUT2D eigenvalue weighted by molar-refractivity contribution is 9.10. The highest BCUT2D eigenvalue weighted by Gasteiger charge is 2.27. The molecule has 0 bridgehead atoms. The summed E-state index contributed by atoms with van der Waals surface area (Å²) < 4.78 is 0.825. The Balaban J connectivity index is 1.88. The molecule has 3 rings (SSSR count). The van der Waals surface area contributed by atoms with Crippen molar-refractivity contribution in [3.8, 4) is 0 Å². The van der Waals surface area contributed by atoms with Crippen LogP contribution in [0.3, 0.4) is 0 Å². The molecule has 2 aromatic heterocycles. The van der Waals surface area contributed by atoms with Crippen molar-refractivity contribution >= 4 is 27.7 Å². The molecule has 1 N–H and O–H groups in total. The molecule has 0 saturated heterocycles. The summed E-state index contributed by atoms with van der Waals surface area (Å²) in [5.41, 5.74) is 0. The molecule has 7 heteroatoms. The van der Waals surface area contributed by atoms with Crippen molar-refractivity contribution < 1.29 is 0 Å². The van der Waals surface area contributed by atoms with Crippen molar-refractivity contribution in [1.82, 2.24) is 25.1 Å². The molecule has 2 heterocycles. The predicted octanol–water partition coefficient (Wildman–Crippen LogP) is 2.39. The van der Waals surface area contributed by atoms with Crippen LogP contribution in [0.5, 0.6) is 0 Å². The van der Waals surface area contributed by atoms with Gasteiger partial charge in [-0.25, -0.2) is 15.0 Å². The average molecular weight is 298 g/mol. The second-order valence-electron chi connectivity index (χ2n) is 3.55. The van der Waals surface area contributed by atoms with Gasteiger partial charge in [-0.3, -0.25) is 5.10 Å². The zero-order chi connectivity index (χ0) is 11.0. The van der Waals surface area contributed by atoms with E-state index < -0.39 is 0 Å². The number of nitrogens with zero attached hydrogens (tertiary/aromatic N) is 4. The van der Waals surface area contributed by atoms with Gasteiger partial charge in [0.2, 0.25) is 0 Å². The number of H-pyrrole nitrogens is 1. The fraction of sp³-hybridized carbons (Fsp3) is 0.333. The molecule has 1 aliphatic carbocycles. The summed E-state index contributed by atoms with van der Waals surface area (Å²) in [4.78, 5) is 12.9. The van der Waals surface area contributed by atoms with Crippen molar-refractivity contribution in [2.45, 2.75) is 28.9 Å². The van der Waals surface area contributed by atoms with Gasteiger partial charge in [0.05, 0.1) is 0 Å². The molecule has 1 saturated carbocycles. The van der Waals surface area contributed by atoms with Crippen LogP contribution < -0.4 is 0 Å². The van der Waals surface area contributed by atoms with Crippen LogP contribution in [-0.4, -0.2) is 25.1 Å². The molecule has 0 unspecified atom stereocenters. The summed E-state index contributed by atoms with van der Waals surface area (Å²) in [5.74, 6) is 1.47. The molecule has 0 aromatic carbocycles. The Morgan fingerprint density at radius 1 is 1.38 bits per heavy atom. The smallest absolute Gasteiger partial charge is 0.189 e. The van der Waals surface area contributed by atoms with Crippen LogP contribution in [0.15, 0.2) is 27.2 Å². The van der Waals surface area contributed by atoms with Gasteiger partial charge in [0.15, 0.2) is 5.16 Å². The minimum atomic E-state index is 0.548. The van der Waals surface area contributed by atoms with E-state index in [-0.39, 0.29) is 0 Å². The summed E-state index contributed by atoms with van der Waals surface area (Å²) >= 11 is 4.86. The van der Waals surface area contributed by atoms with E-state index in [2.05, 4.69) is 41.1 Å². The second kappa shape index (κ2) is 4.14. The summed E-state index contributed by atoms with van der Waals surface area (Å²) in [5, 5.41) is 8.23. The number of hydrogen-bond donors (Lipinski definition) is 1. The van der Waals surface area contributed by atoms with Gasteiger partial charge in [0.25, 0.3) is 0 Å². The minimum Gasteiger partial charge on any atom is -0.254 e. The monoisotopic (exact) mass is 297 g/mol. The van der Waals surface area contributed by atoms with Gasteiger partial charge in [-0.05, 0) is 40.5 Å². The van der Waals surface area contributed by atoms with Crippen LogP contribution in [0.2, 0.25) is 0 Å². The van der Waals surface area contributed by atoms with E-state index >= 15 is 0 Å². The van der Waals surface area contributed by atoms with Crippen molar-refractivity contribution in [3.63, 3.8) is 0 Å². The third-order valence-electron chi connectivity index (χ3n) is 2.23. The van der Waals surface area contributed by atoms with E-state index in [9.17, 15) is 0 Å². The van der Waals surface area contributed by atoms with Crippen LogP contribution >= 0.6 is 27.7 Å².